The van der Waals surface area contributed by atoms with E-state index in [9.17, 15) is 9.18 Å². The van der Waals surface area contributed by atoms with Crippen molar-refractivity contribution in [3.63, 3.8) is 0 Å². The number of benzene rings is 1. The summed E-state index contributed by atoms with van der Waals surface area (Å²) in [7, 11) is 0. The Bertz CT molecular complexity index is 336. The molecule has 3 N–H and O–H groups in total. The van der Waals surface area contributed by atoms with E-state index in [1.54, 1.807) is 0 Å². The summed E-state index contributed by atoms with van der Waals surface area (Å²) in [5, 5.41) is 6.84. The predicted octanol–water partition coefficient (Wildman–Crippen LogP) is 1.22. The maximum atomic E-state index is 12.8. The summed E-state index contributed by atoms with van der Waals surface area (Å²) in [5.41, 5.74) is 5.56. The minimum Gasteiger partial charge on any atom is -0.398 e. The lowest BCUT2D eigenvalue weighted by molar-refractivity contribution is 0.112. The number of carbonyl (C=O) groups is 1. The Morgan fingerprint density at radius 3 is 2.67 bits per heavy atom. The van der Waals surface area contributed by atoms with Gasteiger partial charge in [0.25, 0.3) is 0 Å². The van der Waals surface area contributed by atoms with Crippen molar-refractivity contribution in [2.75, 3.05) is 5.73 Å². The molecule has 1 rings (SSSR count). The van der Waals surface area contributed by atoms with Gasteiger partial charge in [-0.2, -0.15) is 0 Å². The zero-order valence-corrected chi connectivity index (χ0v) is 6.17. The van der Waals surface area contributed by atoms with Crippen LogP contribution >= 0.6 is 0 Å². The Hall–Kier alpha value is -1.71. The van der Waals surface area contributed by atoms with Gasteiger partial charge in [0, 0.05) is 11.8 Å². The molecule has 0 radical (unpaired) electrons. The highest BCUT2D eigenvalue weighted by Gasteiger charge is 2.07. The van der Waals surface area contributed by atoms with Crippen LogP contribution < -0.4 is 5.73 Å². The van der Waals surface area contributed by atoms with E-state index in [0.717, 1.165) is 12.3 Å². The highest BCUT2D eigenvalue weighted by molar-refractivity contribution is 5.93. The Balaban J connectivity index is 3.43. The number of halogens is 1. The van der Waals surface area contributed by atoms with Crippen LogP contribution in [0.3, 0.4) is 0 Å². The normalized spacial score (nSPS) is 9.42. The fourth-order valence-electron chi connectivity index (χ4n) is 0.876. The standard InChI is InChI=1S/C8H7FN2O/c9-7-2-1-5(4-12)8(11)6(7)3-10/h1-4,10H,11H2. The SMILES string of the molecule is N=Cc1c(F)ccc(C=O)c1N. The molecule has 0 aliphatic rings. The lowest BCUT2D eigenvalue weighted by Crippen LogP contribution is -2.01. The number of hydrogen-bond donors (Lipinski definition) is 2. The van der Waals surface area contributed by atoms with Crippen molar-refractivity contribution in [1.29, 1.82) is 5.41 Å². The molecule has 0 aliphatic heterocycles. The number of anilines is 1. The Kier molecular flexibility index (Phi) is 2.19. The van der Waals surface area contributed by atoms with Crippen LogP contribution in [-0.4, -0.2) is 12.5 Å². The van der Waals surface area contributed by atoms with E-state index in [4.69, 9.17) is 11.1 Å². The van der Waals surface area contributed by atoms with Crippen molar-refractivity contribution in [3.8, 4) is 0 Å². The zero-order chi connectivity index (χ0) is 9.14. The van der Waals surface area contributed by atoms with E-state index in [0.29, 0.717) is 6.29 Å². The van der Waals surface area contributed by atoms with E-state index in [2.05, 4.69) is 0 Å². The number of carbonyl (C=O) groups excluding carboxylic acids is 1. The highest BCUT2D eigenvalue weighted by atomic mass is 19.1. The number of nitrogen functional groups attached to an aromatic ring is 1. The second kappa shape index (κ2) is 3.13. The molecule has 0 fully saturated rings. The Morgan fingerprint density at radius 2 is 2.17 bits per heavy atom. The highest BCUT2D eigenvalue weighted by Crippen LogP contribution is 2.17. The first kappa shape index (κ1) is 8.39. The topological polar surface area (TPSA) is 66.9 Å². The summed E-state index contributed by atoms with van der Waals surface area (Å²) in [4.78, 5) is 10.3. The molecule has 0 heterocycles. The fraction of sp³-hybridized carbons (Fsp3) is 0. The molecule has 0 spiro atoms. The van der Waals surface area contributed by atoms with Gasteiger partial charge in [0.15, 0.2) is 6.29 Å². The molecule has 12 heavy (non-hydrogen) atoms. The van der Waals surface area contributed by atoms with Crippen molar-refractivity contribution in [2.45, 2.75) is 0 Å². The summed E-state index contributed by atoms with van der Waals surface area (Å²) >= 11 is 0. The van der Waals surface area contributed by atoms with Gasteiger partial charge in [0.2, 0.25) is 0 Å². The van der Waals surface area contributed by atoms with E-state index >= 15 is 0 Å². The van der Waals surface area contributed by atoms with Gasteiger partial charge in [0.1, 0.15) is 5.82 Å². The molecule has 0 amide bonds. The molecule has 0 saturated heterocycles. The molecule has 1 aromatic rings. The van der Waals surface area contributed by atoms with Crippen LogP contribution in [0, 0.1) is 11.2 Å². The number of aldehydes is 1. The lowest BCUT2D eigenvalue weighted by atomic mass is 10.1. The van der Waals surface area contributed by atoms with Crippen molar-refractivity contribution < 1.29 is 9.18 Å². The van der Waals surface area contributed by atoms with Gasteiger partial charge in [-0.25, -0.2) is 4.39 Å². The second-order valence-electron chi connectivity index (χ2n) is 2.23. The number of nitrogens with one attached hydrogen (secondary N) is 1. The summed E-state index contributed by atoms with van der Waals surface area (Å²) in [6.07, 6.45) is 1.32. The average Bonchev–Trinajstić information content (AvgIpc) is 2.06. The average molecular weight is 166 g/mol. The van der Waals surface area contributed by atoms with Crippen LogP contribution in [0.15, 0.2) is 12.1 Å². The van der Waals surface area contributed by atoms with Crippen LogP contribution in [0.4, 0.5) is 10.1 Å². The molecule has 1 aromatic carbocycles. The lowest BCUT2D eigenvalue weighted by Gasteiger charge is -2.02. The van der Waals surface area contributed by atoms with Crippen molar-refractivity contribution >= 4 is 18.2 Å². The monoisotopic (exact) mass is 166 g/mol. The van der Waals surface area contributed by atoms with Crippen LogP contribution in [0.25, 0.3) is 0 Å². The number of rotatable bonds is 2. The first-order valence-electron chi connectivity index (χ1n) is 3.24. The molecule has 0 unspecified atom stereocenters. The summed E-state index contributed by atoms with van der Waals surface area (Å²) in [5.74, 6) is -0.590. The number of hydrogen-bond acceptors (Lipinski definition) is 3. The van der Waals surface area contributed by atoms with Crippen LogP contribution in [0.5, 0.6) is 0 Å². The van der Waals surface area contributed by atoms with Crippen LogP contribution in [0.1, 0.15) is 15.9 Å². The van der Waals surface area contributed by atoms with Crippen molar-refractivity contribution in [2.24, 2.45) is 0 Å². The molecular weight excluding hydrogens is 159 g/mol. The van der Waals surface area contributed by atoms with E-state index < -0.39 is 5.82 Å². The predicted molar refractivity (Wildman–Crippen MR) is 44.1 cm³/mol. The third kappa shape index (κ3) is 1.18. The molecule has 4 heteroatoms. The molecule has 0 aromatic heterocycles. The molecule has 0 bridgehead atoms. The van der Waals surface area contributed by atoms with Gasteiger partial charge in [0.05, 0.1) is 11.3 Å². The van der Waals surface area contributed by atoms with Crippen LogP contribution in [-0.2, 0) is 0 Å². The quantitative estimate of drug-likeness (QED) is 0.394. The maximum Gasteiger partial charge on any atom is 0.152 e. The summed E-state index contributed by atoms with van der Waals surface area (Å²) in [6, 6.07) is 2.39. The first-order chi connectivity index (χ1) is 5.70. The Morgan fingerprint density at radius 1 is 1.50 bits per heavy atom. The molecular formula is C8H7FN2O. The fourth-order valence-corrected chi connectivity index (χ4v) is 0.876. The van der Waals surface area contributed by atoms with E-state index in [-0.39, 0.29) is 16.8 Å². The minimum atomic E-state index is -0.590. The van der Waals surface area contributed by atoms with Gasteiger partial charge in [-0.05, 0) is 12.1 Å². The molecule has 62 valence electrons. The van der Waals surface area contributed by atoms with E-state index in [1.807, 2.05) is 0 Å². The van der Waals surface area contributed by atoms with Crippen molar-refractivity contribution in [1.82, 2.24) is 0 Å². The largest absolute Gasteiger partial charge is 0.398 e. The maximum absolute atomic E-state index is 12.8. The zero-order valence-electron chi connectivity index (χ0n) is 6.17. The Labute approximate surface area is 68.5 Å². The minimum absolute atomic E-state index is 0.0139. The summed E-state index contributed by atoms with van der Waals surface area (Å²) in [6.45, 7) is 0. The van der Waals surface area contributed by atoms with Gasteiger partial charge in [-0.1, -0.05) is 0 Å². The summed E-state index contributed by atoms with van der Waals surface area (Å²) < 4.78 is 12.8. The molecule has 0 atom stereocenters. The third-order valence-corrected chi connectivity index (χ3v) is 1.54. The van der Waals surface area contributed by atoms with Gasteiger partial charge >= 0.3 is 0 Å². The second-order valence-corrected chi connectivity index (χ2v) is 2.23. The molecule has 0 saturated carbocycles. The van der Waals surface area contributed by atoms with Gasteiger partial charge < -0.3 is 11.1 Å². The smallest absolute Gasteiger partial charge is 0.152 e. The van der Waals surface area contributed by atoms with Gasteiger partial charge in [-0.15, -0.1) is 0 Å². The molecule has 3 nitrogen and oxygen atoms in total. The van der Waals surface area contributed by atoms with Crippen molar-refractivity contribution in [3.05, 3.63) is 29.1 Å². The molecule has 0 aliphatic carbocycles. The van der Waals surface area contributed by atoms with Gasteiger partial charge in [-0.3, -0.25) is 4.79 Å². The van der Waals surface area contributed by atoms with E-state index in [1.165, 1.54) is 6.07 Å². The third-order valence-electron chi connectivity index (χ3n) is 1.54. The van der Waals surface area contributed by atoms with Crippen LogP contribution in [0.2, 0.25) is 0 Å². The number of nitrogens with two attached hydrogens (primary N) is 1. The first-order valence-corrected chi connectivity index (χ1v) is 3.24.